The maximum Gasteiger partial charge on any atom is 0.0809 e. The second-order valence-electron chi connectivity index (χ2n) is 5.68. The molecule has 0 aromatic heterocycles. The van der Waals surface area contributed by atoms with Crippen LogP contribution in [0.5, 0.6) is 0 Å². The van der Waals surface area contributed by atoms with Crippen LogP contribution in [-0.4, -0.2) is 32.2 Å². The van der Waals surface area contributed by atoms with Gasteiger partial charge in [0.25, 0.3) is 0 Å². The Morgan fingerprint density at radius 3 is 1.77 bits per heavy atom. The van der Waals surface area contributed by atoms with Crippen LogP contribution in [0.15, 0.2) is 0 Å². The second kappa shape index (κ2) is 4.99. The van der Waals surface area contributed by atoms with E-state index in [4.69, 9.17) is 0 Å². The fraction of sp³-hybridized carbons (Fsp3) is 1.00. The predicted octanol–water partition coefficient (Wildman–Crippen LogP) is 3.05. The van der Waals surface area contributed by atoms with Crippen molar-refractivity contribution in [3.8, 4) is 0 Å². The molecule has 1 nitrogen and oxygen atoms in total. The van der Waals surface area contributed by atoms with E-state index < -0.39 is 0 Å². The molecule has 0 aromatic carbocycles. The third-order valence-electron chi connectivity index (χ3n) is 3.03. The van der Waals surface area contributed by atoms with E-state index in [9.17, 15) is 0 Å². The fourth-order valence-electron chi connectivity index (χ4n) is 2.50. The maximum atomic E-state index is 2.32. The van der Waals surface area contributed by atoms with Gasteiger partial charge in [0.15, 0.2) is 0 Å². The van der Waals surface area contributed by atoms with Crippen LogP contribution in [0.4, 0.5) is 0 Å². The Morgan fingerprint density at radius 1 is 0.846 bits per heavy atom. The topological polar surface area (TPSA) is 0 Å². The molecular weight excluding hydrogens is 158 g/mol. The molecule has 0 aromatic rings. The van der Waals surface area contributed by atoms with E-state index in [-0.39, 0.29) is 0 Å². The number of quaternary nitrogens is 1. The van der Waals surface area contributed by atoms with Gasteiger partial charge in [-0.2, -0.15) is 0 Å². The highest BCUT2D eigenvalue weighted by molar-refractivity contribution is 4.62. The van der Waals surface area contributed by atoms with Crippen LogP contribution in [0, 0.1) is 5.92 Å². The fourth-order valence-corrected chi connectivity index (χ4v) is 2.50. The Labute approximate surface area is 83.7 Å². The predicted molar refractivity (Wildman–Crippen MR) is 58.7 cm³/mol. The van der Waals surface area contributed by atoms with Gasteiger partial charge in [-0.15, -0.1) is 0 Å². The average Bonchev–Trinajstić information content (AvgIpc) is 1.92. The van der Waals surface area contributed by atoms with Crippen LogP contribution < -0.4 is 0 Å². The van der Waals surface area contributed by atoms with Gasteiger partial charge in [0.2, 0.25) is 0 Å². The standard InChI is InChI=1S/C12H26N/c1-13(2,3)11-12-9-7-5-4-6-8-10-12/h12H,4-11H2,1-3H3/q+1. The van der Waals surface area contributed by atoms with Gasteiger partial charge in [-0.05, 0) is 12.8 Å². The van der Waals surface area contributed by atoms with Gasteiger partial charge in [0.05, 0.1) is 27.7 Å². The highest BCUT2D eigenvalue weighted by Crippen LogP contribution is 2.23. The van der Waals surface area contributed by atoms with E-state index in [2.05, 4.69) is 21.1 Å². The number of rotatable bonds is 2. The summed E-state index contributed by atoms with van der Waals surface area (Å²) >= 11 is 0. The van der Waals surface area contributed by atoms with E-state index in [0.29, 0.717) is 0 Å². The van der Waals surface area contributed by atoms with E-state index >= 15 is 0 Å². The highest BCUT2D eigenvalue weighted by atomic mass is 15.3. The van der Waals surface area contributed by atoms with Crippen molar-refractivity contribution in [2.24, 2.45) is 5.92 Å². The summed E-state index contributed by atoms with van der Waals surface area (Å²) in [6, 6.07) is 0. The molecule has 0 heterocycles. The molecule has 0 radical (unpaired) electrons. The lowest BCUT2D eigenvalue weighted by molar-refractivity contribution is -0.874. The SMILES string of the molecule is C[N+](C)(C)CC1CCCCCCC1. The van der Waals surface area contributed by atoms with Crippen molar-refractivity contribution in [1.29, 1.82) is 0 Å². The van der Waals surface area contributed by atoms with E-state index in [1.54, 1.807) is 0 Å². The molecule has 1 aliphatic carbocycles. The minimum atomic E-state index is 1.00. The molecule has 78 valence electrons. The van der Waals surface area contributed by atoms with Crippen LogP contribution in [0.1, 0.15) is 44.9 Å². The van der Waals surface area contributed by atoms with Crippen LogP contribution in [0.2, 0.25) is 0 Å². The summed E-state index contributed by atoms with van der Waals surface area (Å²) < 4.78 is 1.14. The Hall–Kier alpha value is -0.0400. The number of hydrogen-bond acceptors (Lipinski definition) is 0. The van der Waals surface area contributed by atoms with Gasteiger partial charge in [-0.25, -0.2) is 0 Å². The molecule has 0 N–H and O–H groups in total. The molecule has 1 heteroatoms. The van der Waals surface area contributed by atoms with Gasteiger partial charge >= 0.3 is 0 Å². The lowest BCUT2D eigenvalue weighted by atomic mass is 9.90. The van der Waals surface area contributed by atoms with Crippen LogP contribution in [-0.2, 0) is 0 Å². The number of nitrogens with zero attached hydrogens (tertiary/aromatic N) is 1. The van der Waals surface area contributed by atoms with Crippen molar-refractivity contribution >= 4 is 0 Å². The van der Waals surface area contributed by atoms with Crippen molar-refractivity contribution < 1.29 is 4.48 Å². The van der Waals surface area contributed by atoms with Gasteiger partial charge in [0.1, 0.15) is 0 Å². The summed E-state index contributed by atoms with van der Waals surface area (Å²) in [4.78, 5) is 0. The van der Waals surface area contributed by atoms with Crippen molar-refractivity contribution in [2.75, 3.05) is 27.7 Å². The van der Waals surface area contributed by atoms with Crippen LogP contribution in [0.3, 0.4) is 0 Å². The van der Waals surface area contributed by atoms with Crippen molar-refractivity contribution in [2.45, 2.75) is 44.9 Å². The largest absolute Gasteiger partial charge is 0.331 e. The highest BCUT2D eigenvalue weighted by Gasteiger charge is 2.18. The zero-order valence-electron chi connectivity index (χ0n) is 9.68. The van der Waals surface area contributed by atoms with E-state index in [1.807, 2.05) is 0 Å². The molecule has 0 saturated heterocycles. The molecular formula is C12H26N+. The minimum absolute atomic E-state index is 1.00. The Balaban J connectivity index is 2.29. The third kappa shape index (κ3) is 5.30. The van der Waals surface area contributed by atoms with Crippen LogP contribution >= 0.6 is 0 Å². The first-order valence-corrected chi connectivity index (χ1v) is 5.88. The zero-order valence-corrected chi connectivity index (χ0v) is 9.68. The molecule has 0 amide bonds. The van der Waals surface area contributed by atoms with Gasteiger partial charge in [-0.3, -0.25) is 0 Å². The normalized spacial score (nSPS) is 22.4. The minimum Gasteiger partial charge on any atom is -0.331 e. The lowest BCUT2D eigenvalue weighted by Gasteiger charge is -2.30. The van der Waals surface area contributed by atoms with Crippen molar-refractivity contribution in [3.05, 3.63) is 0 Å². The molecule has 1 saturated carbocycles. The summed E-state index contributed by atoms with van der Waals surface area (Å²) in [5.74, 6) is 1.00. The maximum absolute atomic E-state index is 2.32. The van der Waals surface area contributed by atoms with Crippen molar-refractivity contribution in [3.63, 3.8) is 0 Å². The lowest BCUT2D eigenvalue weighted by Crippen LogP contribution is -2.39. The third-order valence-corrected chi connectivity index (χ3v) is 3.03. The van der Waals surface area contributed by atoms with Crippen molar-refractivity contribution in [1.82, 2.24) is 0 Å². The van der Waals surface area contributed by atoms with Gasteiger partial charge in [-0.1, -0.05) is 32.1 Å². The summed E-state index contributed by atoms with van der Waals surface area (Å²) in [5.41, 5.74) is 0. The first-order valence-electron chi connectivity index (χ1n) is 5.88. The molecule has 1 fully saturated rings. The summed E-state index contributed by atoms with van der Waals surface area (Å²) in [6.07, 6.45) is 10.4. The van der Waals surface area contributed by atoms with Gasteiger partial charge in [0, 0.05) is 5.92 Å². The van der Waals surface area contributed by atoms with E-state index in [0.717, 1.165) is 10.4 Å². The Morgan fingerprint density at radius 2 is 1.31 bits per heavy atom. The summed E-state index contributed by atoms with van der Waals surface area (Å²) in [5, 5.41) is 0. The van der Waals surface area contributed by atoms with E-state index in [1.165, 1.54) is 51.5 Å². The quantitative estimate of drug-likeness (QED) is 0.579. The molecule has 1 aliphatic rings. The molecule has 0 atom stereocenters. The first kappa shape index (κ1) is 11.0. The molecule has 0 aliphatic heterocycles. The second-order valence-corrected chi connectivity index (χ2v) is 5.68. The summed E-state index contributed by atoms with van der Waals surface area (Å²) in [6.45, 7) is 1.38. The average molecular weight is 184 g/mol. The monoisotopic (exact) mass is 184 g/mol. The van der Waals surface area contributed by atoms with Gasteiger partial charge < -0.3 is 4.48 Å². The Kier molecular flexibility index (Phi) is 4.24. The summed E-state index contributed by atoms with van der Waals surface area (Å²) in [7, 11) is 6.95. The molecule has 0 bridgehead atoms. The molecule has 0 spiro atoms. The Bertz CT molecular complexity index is 127. The zero-order chi connectivity index (χ0) is 9.73. The van der Waals surface area contributed by atoms with Crippen LogP contribution in [0.25, 0.3) is 0 Å². The molecule has 13 heavy (non-hydrogen) atoms. The first-order chi connectivity index (χ1) is 6.08. The number of hydrogen-bond donors (Lipinski definition) is 0. The smallest absolute Gasteiger partial charge is 0.0809 e. The molecule has 0 unspecified atom stereocenters. The molecule has 1 rings (SSSR count).